The van der Waals surface area contributed by atoms with Crippen molar-refractivity contribution in [1.29, 1.82) is 0 Å². The van der Waals surface area contributed by atoms with Crippen molar-refractivity contribution in [1.82, 2.24) is 25.3 Å². The van der Waals surface area contributed by atoms with E-state index in [-0.39, 0.29) is 17.0 Å². The van der Waals surface area contributed by atoms with Gasteiger partial charge in [-0.05, 0) is 6.92 Å². The second-order valence-corrected chi connectivity index (χ2v) is 3.43. The molecule has 90 valence electrons. The summed E-state index contributed by atoms with van der Waals surface area (Å²) in [4.78, 5) is 43.7. The minimum atomic E-state index is -1.21. The SMILES string of the molecule is CC(NC(=O)O)c1nc2[nH]c(=O)[nH]c(=O)c2[nH]1. The van der Waals surface area contributed by atoms with Gasteiger partial charge in [0, 0.05) is 0 Å². The molecule has 0 aromatic carbocycles. The Morgan fingerprint density at radius 1 is 1.35 bits per heavy atom. The number of H-pyrrole nitrogens is 3. The maximum atomic E-state index is 11.4. The third-order valence-corrected chi connectivity index (χ3v) is 2.16. The summed E-state index contributed by atoms with van der Waals surface area (Å²) in [5.41, 5.74) is -1.09. The van der Waals surface area contributed by atoms with Gasteiger partial charge in [-0.1, -0.05) is 0 Å². The largest absolute Gasteiger partial charge is 0.465 e. The highest BCUT2D eigenvalue weighted by atomic mass is 16.4. The number of aromatic nitrogens is 4. The lowest BCUT2D eigenvalue weighted by Crippen LogP contribution is -2.25. The van der Waals surface area contributed by atoms with Crippen molar-refractivity contribution in [2.24, 2.45) is 0 Å². The number of nitrogens with zero attached hydrogens (tertiary/aromatic N) is 1. The Labute approximate surface area is 92.9 Å². The molecule has 0 saturated heterocycles. The van der Waals surface area contributed by atoms with E-state index in [1.54, 1.807) is 6.92 Å². The number of amides is 1. The Balaban J connectivity index is 2.51. The molecule has 0 aliphatic carbocycles. The summed E-state index contributed by atoms with van der Waals surface area (Å²) >= 11 is 0. The zero-order valence-corrected chi connectivity index (χ0v) is 8.70. The molecule has 2 aromatic rings. The highest BCUT2D eigenvalue weighted by Crippen LogP contribution is 2.10. The van der Waals surface area contributed by atoms with E-state index in [0.29, 0.717) is 0 Å². The van der Waals surface area contributed by atoms with Crippen LogP contribution in [0.1, 0.15) is 18.8 Å². The fraction of sp³-hybridized carbons (Fsp3) is 0.250. The number of hydrogen-bond donors (Lipinski definition) is 5. The average molecular weight is 239 g/mol. The van der Waals surface area contributed by atoms with E-state index in [9.17, 15) is 14.4 Å². The van der Waals surface area contributed by atoms with Gasteiger partial charge < -0.3 is 15.4 Å². The van der Waals surface area contributed by atoms with Crippen LogP contribution in [0, 0.1) is 0 Å². The first-order valence-corrected chi connectivity index (χ1v) is 4.69. The van der Waals surface area contributed by atoms with E-state index in [1.165, 1.54) is 0 Å². The van der Waals surface area contributed by atoms with Crippen LogP contribution in [0.4, 0.5) is 4.79 Å². The lowest BCUT2D eigenvalue weighted by Gasteiger charge is -2.06. The molecular weight excluding hydrogens is 230 g/mol. The van der Waals surface area contributed by atoms with E-state index < -0.39 is 23.4 Å². The van der Waals surface area contributed by atoms with E-state index >= 15 is 0 Å². The van der Waals surface area contributed by atoms with E-state index in [0.717, 1.165) is 0 Å². The van der Waals surface area contributed by atoms with Gasteiger partial charge in [-0.25, -0.2) is 14.6 Å². The second-order valence-electron chi connectivity index (χ2n) is 3.43. The molecule has 9 heteroatoms. The maximum Gasteiger partial charge on any atom is 0.405 e. The van der Waals surface area contributed by atoms with Crippen molar-refractivity contribution < 1.29 is 9.90 Å². The van der Waals surface area contributed by atoms with E-state index in [2.05, 4.69) is 20.3 Å². The second kappa shape index (κ2) is 3.77. The Morgan fingerprint density at radius 3 is 2.71 bits per heavy atom. The summed E-state index contributed by atoms with van der Waals surface area (Å²) in [5.74, 6) is 0.245. The van der Waals surface area contributed by atoms with Crippen LogP contribution >= 0.6 is 0 Å². The topological polar surface area (TPSA) is 144 Å². The molecule has 17 heavy (non-hydrogen) atoms. The van der Waals surface area contributed by atoms with Crippen molar-refractivity contribution in [3.63, 3.8) is 0 Å². The Kier molecular flexibility index (Phi) is 2.42. The van der Waals surface area contributed by atoms with Gasteiger partial charge in [0.15, 0.2) is 5.65 Å². The predicted octanol–water partition coefficient (Wildman–Crippen LogP) is -0.732. The zero-order valence-electron chi connectivity index (χ0n) is 8.70. The molecule has 5 N–H and O–H groups in total. The summed E-state index contributed by atoms with van der Waals surface area (Å²) in [6.07, 6.45) is -1.21. The molecule has 9 nitrogen and oxygen atoms in total. The number of rotatable bonds is 2. The van der Waals surface area contributed by atoms with Gasteiger partial charge in [0.05, 0.1) is 6.04 Å². The first-order chi connectivity index (χ1) is 7.97. The molecule has 0 aliphatic heterocycles. The van der Waals surface area contributed by atoms with E-state index in [4.69, 9.17) is 5.11 Å². The highest BCUT2D eigenvalue weighted by molar-refractivity contribution is 5.69. The molecule has 1 atom stereocenters. The Hall–Kier alpha value is -2.58. The standard InChI is InChI=1S/C8H9N5O4/c1-2(9-8(16)17)4-10-3-5(11-4)12-7(15)13-6(3)14/h2,9H,1H3,(H,16,17)(H3,10,11,12,13,14,15). The number of fused-ring (bicyclic) bond motifs is 1. The first kappa shape index (κ1) is 10.9. The lowest BCUT2D eigenvalue weighted by molar-refractivity contribution is 0.190. The molecule has 0 saturated carbocycles. The van der Waals surface area contributed by atoms with Crippen LogP contribution in [0.3, 0.4) is 0 Å². The molecule has 1 amide bonds. The van der Waals surface area contributed by atoms with Crippen LogP contribution in [-0.2, 0) is 0 Å². The van der Waals surface area contributed by atoms with Crippen molar-refractivity contribution in [2.75, 3.05) is 0 Å². The lowest BCUT2D eigenvalue weighted by atomic mass is 10.3. The van der Waals surface area contributed by atoms with Crippen LogP contribution in [0.25, 0.3) is 11.2 Å². The minimum Gasteiger partial charge on any atom is -0.465 e. The zero-order chi connectivity index (χ0) is 12.6. The van der Waals surface area contributed by atoms with Crippen molar-refractivity contribution in [2.45, 2.75) is 13.0 Å². The van der Waals surface area contributed by atoms with Gasteiger partial charge in [-0.15, -0.1) is 0 Å². The summed E-state index contributed by atoms with van der Waals surface area (Å²) in [6, 6.07) is -0.622. The molecule has 2 aromatic heterocycles. The van der Waals surface area contributed by atoms with Crippen molar-refractivity contribution in [3.8, 4) is 0 Å². The fourth-order valence-electron chi connectivity index (χ4n) is 1.41. The molecule has 0 spiro atoms. The normalized spacial score (nSPS) is 12.5. The first-order valence-electron chi connectivity index (χ1n) is 4.69. The molecule has 0 fully saturated rings. The van der Waals surface area contributed by atoms with Crippen molar-refractivity contribution in [3.05, 3.63) is 26.7 Å². The summed E-state index contributed by atoms with van der Waals surface area (Å²) in [6.45, 7) is 1.55. The third kappa shape index (κ3) is 2.02. The molecule has 0 aliphatic rings. The van der Waals surface area contributed by atoms with Crippen LogP contribution in [0.15, 0.2) is 9.59 Å². The Bertz CT molecular complexity index is 681. The van der Waals surface area contributed by atoms with Gasteiger partial charge in [0.25, 0.3) is 5.56 Å². The summed E-state index contributed by atoms with van der Waals surface area (Å²) < 4.78 is 0. The molecule has 0 bridgehead atoms. The third-order valence-electron chi connectivity index (χ3n) is 2.16. The molecule has 2 rings (SSSR count). The number of hydrogen-bond acceptors (Lipinski definition) is 4. The number of carbonyl (C=O) groups is 1. The number of nitrogens with one attached hydrogen (secondary N) is 4. The van der Waals surface area contributed by atoms with Gasteiger partial charge >= 0.3 is 11.8 Å². The summed E-state index contributed by atoms with van der Waals surface area (Å²) in [7, 11) is 0. The Morgan fingerprint density at radius 2 is 2.06 bits per heavy atom. The fourth-order valence-corrected chi connectivity index (χ4v) is 1.41. The van der Waals surface area contributed by atoms with Crippen LogP contribution in [0.2, 0.25) is 0 Å². The van der Waals surface area contributed by atoms with E-state index in [1.807, 2.05) is 4.98 Å². The van der Waals surface area contributed by atoms with Crippen LogP contribution in [-0.4, -0.2) is 31.1 Å². The quantitative estimate of drug-likeness (QED) is 0.469. The number of imidazole rings is 1. The highest BCUT2D eigenvalue weighted by Gasteiger charge is 2.14. The minimum absolute atomic E-state index is 0.0905. The monoisotopic (exact) mass is 239 g/mol. The average Bonchev–Trinajstić information content (AvgIpc) is 2.60. The van der Waals surface area contributed by atoms with Gasteiger partial charge in [0.1, 0.15) is 11.3 Å². The van der Waals surface area contributed by atoms with Gasteiger partial charge in [-0.2, -0.15) is 0 Å². The molecular formula is C8H9N5O4. The van der Waals surface area contributed by atoms with Gasteiger partial charge in [-0.3, -0.25) is 14.8 Å². The molecule has 0 radical (unpaired) electrons. The maximum absolute atomic E-state index is 11.4. The van der Waals surface area contributed by atoms with Crippen LogP contribution in [0.5, 0.6) is 0 Å². The number of carboxylic acid groups (broad SMARTS) is 1. The van der Waals surface area contributed by atoms with Crippen molar-refractivity contribution >= 4 is 17.3 Å². The van der Waals surface area contributed by atoms with Crippen LogP contribution < -0.4 is 16.6 Å². The molecule has 2 heterocycles. The number of aromatic amines is 3. The smallest absolute Gasteiger partial charge is 0.405 e. The molecule has 1 unspecified atom stereocenters. The van der Waals surface area contributed by atoms with Gasteiger partial charge in [0.2, 0.25) is 0 Å². The summed E-state index contributed by atoms with van der Waals surface area (Å²) in [5, 5.41) is 10.7. The predicted molar refractivity (Wildman–Crippen MR) is 56.9 cm³/mol.